The summed E-state index contributed by atoms with van der Waals surface area (Å²) in [6.45, 7) is 2.53. The maximum atomic E-state index is 13.3. The largest absolute Gasteiger partial charge is 0.497 e. The number of aliphatic imine (C=N–C) groups is 1. The summed E-state index contributed by atoms with van der Waals surface area (Å²) in [6.07, 6.45) is 1.66. The first-order valence-corrected chi connectivity index (χ1v) is 13.7. The Morgan fingerprint density at radius 1 is 1.03 bits per heavy atom. The molecule has 2 amide bonds. The van der Waals surface area contributed by atoms with E-state index in [4.69, 9.17) is 14.5 Å². The first-order valence-electron chi connectivity index (χ1n) is 12.8. The lowest BCUT2D eigenvalue weighted by atomic mass is 10.1. The standard InChI is InChI=1S/C30H31N3O5S/c1-3-38-29(36)22-11-13-23(14-12-22)31-28(35)26-20-27(34)33(19-7-10-21-8-5-4-6-9-21)30(39-26)32-24-15-17-25(37-2)18-16-24/h4-6,8-9,11-18,26H,3,7,10,19-20H2,1-2H3,(H,31,35). The monoisotopic (exact) mass is 545 g/mol. The minimum Gasteiger partial charge on any atom is -0.497 e. The Bertz CT molecular complexity index is 1310. The molecule has 1 saturated heterocycles. The van der Waals surface area contributed by atoms with Gasteiger partial charge in [-0.2, -0.15) is 0 Å². The third-order valence-electron chi connectivity index (χ3n) is 6.08. The van der Waals surface area contributed by atoms with Crippen molar-refractivity contribution in [1.29, 1.82) is 0 Å². The molecule has 0 aromatic heterocycles. The van der Waals surface area contributed by atoms with Gasteiger partial charge in [-0.15, -0.1) is 0 Å². The quantitative estimate of drug-likeness (QED) is 0.340. The molecular weight excluding hydrogens is 514 g/mol. The fourth-order valence-corrected chi connectivity index (χ4v) is 5.17. The number of amides is 2. The Hall–Kier alpha value is -4.11. The second-order valence-electron chi connectivity index (χ2n) is 8.82. The Morgan fingerprint density at radius 3 is 2.41 bits per heavy atom. The molecule has 3 aromatic carbocycles. The second kappa shape index (κ2) is 13.6. The molecule has 39 heavy (non-hydrogen) atoms. The van der Waals surface area contributed by atoms with Crippen LogP contribution >= 0.6 is 11.8 Å². The number of thioether (sulfide) groups is 1. The number of nitrogens with zero attached hydrogens (tertiary/aromatic N) is 2. The van der Waals surface area contributed by atoms with Gasteiger partial charge in [-0.3, -0.25) is 14.5 Å². The molecule has 9 heteroatoms. The van der Waals surface area contributed by atoms with E-state index in [1.807, 2.05) is 30.3 Å². The topological polar surface area (TPSA) is 97.3 Å². The summed E-state index contributed by atoms with van der Waals surface area (Å²) < 4.78 is 10.2. The van der Waals surface area contributed by atoms with Gasteiger partial charge in [-0.25, -0.2) is 9.79 Å². The summed E-state index contributed by atoms with van der Waals surface area (Å²) in [6, 6.07) is 23.8. The number of amidine groups is 1. The molecule has 0 aliphatic carbocycles. The minimum absolute atomic E-state index is 0.0599. The lowest BCUT2D eigenvalue weighted by molar-refractivity contribution is -0.129. The van der Waals surface area contributed by atoms with Crippen LogP contribution in [0.15, 0.2) is 83.9 Å². The Morgan fingerprint density at radius 2 is 1.74 bits per heavy atom. The number of hydrogen-bond acceptors (Lipinski definition) is 7. The number of carbonyl (C=O) groups excluding carboxylic acids is 3. The van der Waals surface area contributed by atoms with Crippen molar-refractivity contribution in [3.05, 3.63) is 90.0 Å². The van der Waals surface area contributed by atoms with Crippen LogP contribution in [0.25, 0.3) is 0 Å². The molecule has 0 spiro atoms. The normalized spacial score (nSPS) is 16.2. The average Bonchev–Trinajstić information content (AvgIpc) is 2.95. The summed E-state index contributed by atoms with van der Waals surface area (Å²) >= 11 is 1.27. The zero-order chi connectivity index (χ0) is 27.6. The molecule has 1 N–H and O–H groups in total. The Kier molecular flexibility index (Phi) is 9.74. The van der Waals surface area contributed by atoms with Crippen LogP contribution in [0.3, 0.4) is 0 Å². The number of methoxy groups -OCH3 is 1. The first kappa shape index (κ1) is 27.9. The van der Waals surface area contributed by atoms with Crippen molar-refractivity contribution >= 4 is 46.1 Å². The molecule has 1 unspecified atom stereocenters. The highest BCUT2D eigenvalue weighted by molar-refractivity contribution is 8.15. The number of hydrogen-bond donors (Lipinski definition) is 1. The number of benzene rings is 3. The van der Waals surface area contributed by atoms with E-state index in [1.54, 1.807) is 55.3 Å². The molecule has 0 saturated carbocycles. The van der Waals surface area contributed by atoms with Crippen molar-refractivity contribution in [3.8, 4) is 5.75 Å². The van der Waals surface area contributed by atoms with Gasteiger partial charge in [0.1, 0.15) is 11.0 Å². The van der Waals surface area contributed by atoms with E-state index < -0.39 is 11.2 Å². The lowest BCUT2D eigenvalue weighted by Crippen LogP contribution is -2.45. The van der Waals surface area contributed by atoms with Gasteiger partial charge >= 0.3 is 5.97 Å². The van der Waals surface area contributed by atoms with Crippen LogP contribution in [-0.4, -0.2) is 53.4 Å². The molecule has 202 valence electrons. The first-order chi connectivity index (χ1) is 19.0. The van der Waals surface area contributed by atoms with E-state index in [2.05, 4.69) is 17.4 Å². The van der Waals surface area contributed by atoms with E-state index in [0.717, 1.165) is 12.8 Å². The van der Waals surface area contributed by atoms with Gasteiger partial charge < -0.3 is 14.8 Å². The van der Waals surface area contributed by atoms with Crippen LogP contribution in [0.2, 0.25) is 0 Å². The highest BCUT2D eigenvalue weighted by atomic mass is 32.2. The van der Waals surface area contributed by atoms with Crippen LogP contribution in [0.1, 0.15) is 35.7 Å². The Balaban J connectivity index is 1.48. The molecule has 1 heterocycles. The maximum Gasteiger partial charge on any atom is 0.338 e. The summed E-state index contributed by atoms with van der Waals surface area (Å²) in [5.74, 6) is -0.164. The van der Waals surface area contributed by atoms with Crippen LogP contribution < -0.4 is 10.1 Å². The fraction of sp³-hybridized carbons (Fsp3) is 0.267. The van der Waals surface area contributed by atoms with Gasteiger partial charge in [0.05, 0.1) is 25.0 Å². The highest BCUT2D eigenvalue weighted by Crippen LogP contribution is 2.31. The summed E-state index contributed by atoms with van der Waals surface area (Å²) in [4.78, 5) is 44.7. The van der Waals surface area contributed by atoms with Crippen LogP contribution in [0.5, 0.6) is 5.75 Å². The fourth-order valence-electron chi connectivity index (χ4n) is 4.04. The number of esters is 1. The molecule has 8 nitrogen and oxygen atoms in total. The number of ether oxygens (including phenoxy) is 2. The van der Waals surface area contributed by atoms with Crippen molar-refractivity contribution in [1.82, 2.24) is 4.90 Å². The lowest BCUT2D eigenvalue weighted by Gasteiger charge is -2.32. The summed E-state index contributed by atoms with van der Waals surface area (Å²) in [5.41, 5.74) is 2.79. The van der Waals surface area contributed by atoms with Gasteiger partial charge in [0, 0.05) is 18.7 Å². The zero-order valence-electron chi connectivity index (χ0n) is 22.0. The number of anilines is 1. The SMILES string of the molecule is CCOC(=O)c1ccc(NC(=O)C2CC(=O)N(CCCc3ccccc3)C(=Nc3ccc(OC)cc3)S2)cc1. The van der Waals surface area contributed by atoms with E-state index in [1.165, 1.54) is 17.3 Å². The van der Waals surface area contributed by atoms with Gasteiger partial charge in [-0.1, -0.05) is 42.1 Å². The van der Waals surface area contributed by atoms with Crippen molar-refractivity contribution in [2.75, 3.05) is 25.6 Å². The minimum atomic E-state index is -0.649. The smallest absolute Gasteiger partial charge is 0.338 e. The van der Waals surface area contributed by atoms with Crippen LogP contribution in [-0.2, 0) is 20.7 Å². The second-order valence-corrected chi connectivity index (χ2v) is 9.99. The number of nitrogens with one attached hydrogen (secondary N) is 1. The van der Waals surface area contributed by atoms with E-state index in [0.29, 0.717) is 34.4 Å². The van der Waals surface area contributed by atoms with E-state index in [9.17, 15) is 14.4 Å². The zero-order valence-corrected chi connectivity index (χ0v) is 22.8. The molecule has 0 bridgehead atoms. The molecule has 1 aliphatic rings. The number of aryl methyl sites for hydroxylation is 1. The molecule has 1 aliphatic heterocycles. The predicted octanol–water partition coefficient (Wildman–Crippen LogP) is 5.47. The van der Waals surface area contributed by atoms with E-state index in [-0.39, 0.29) is 24.8 Å². The molecule has 4 rings (SSSR count). The van der Waals surface area contributed by atoms with Gasteiger partial charge in [0.25, 0.3) is 0 Å². The number of rotatable bonds is 10. The Labute approximate surface area is 232 Å². The van der Waals surface area contributed by atoms with Crippen molar-refractivity contribution in [2.45, 2.75) is 31.4 Å². The van der Waals surface area contributed by atoms with Gasteiger partial charge in [0.15, 0.2) is 5.17 Å². The van der Waals surface area contributed by atoms with Gasteiger partial charge in [-0.05, 0) is 73.9 Å². The average molecular weight is 546 g/mol. The molecule has 1 atom stereocenters. The van der Waals surface area contributed by atoms with Crippen molar-refractivity contribution < 1.29 is 23.9 Å². The van der Waals surface area contributed by atoms with Gasteiger partial charge in [0.2, 0.25) is 11.8 Å². The third kappa shape index (κ3) is 7.70. The highest BCUT2D eigenvalue weighted by Gasteiger charge is 2.35. The molecule has 0 radical (unpaired) electrons. The maximum absolute atomic E-state index is 13.3. The van der Waals surface area contributed by atoms with Crippen LogP contribution in [0, 0.1) is 0 Å². The van der Waals surface area contributed by atoms with Crippen molar-refractivity contribution in [2.24, 2.45) is 4.99 Å². The van der Waals surface area contributed by atoms with E-state index >= 15 is 0 Å². The summed E-state index contributed by atoms with van der Waals surface area (Å²) in [5, 5.41) is 2.69. The summed E-state index contributed by atoms with van der Waals surface area (Å²) in [7, 11) is 1.60. The molecular formula is C30H31N3O5S. The van der Waals surface area contributed by atoms with Crippen LogP contribution in [0.4, 0.5) is 11.4 Å². The molecule has 1 fully saturated rings. The number of carbonyl (C=O) groups is 3. The molecule has 3 aromatic rings. The van der Waals surface area contributed by atoms with Crippen molar-refractivity contribution in [3.63, 3.8) is 0 Å². The third-order valence-corrected chi connectivity index (χ3v) is 7.27. The predicted molar refractivity (Wildman–Crippen MR) is 154 cm³/mol.